The van der Waals surface area contributed by atoms with Crippen LogP contribution < -0.4 is 4.72 Å². The first-order valence-electron chi connectivity index (χ1n) is 5.76. The minimum absolute atomic E-state index is 0.305. The Morgan fingerprint density at radius 3 is 2.26 bits per heavy atom. The Morgan fingerprint density at radius 2 is 1.68 bits per heavy atom. The number of anilines is 1. The monoisotopic (exact) mass is 339 g/mol. The van der Waals surface area contributed by atoms with Crippen molar-refractivity contribution in [2.24, 2.45) is 0 Å². The molecular formula is C14H14BrNO2S. The molecule has 0 aliphatic carbocycles. The number of alkyl halides is 1. The average Bonchev–Trinajstić information content (AvgIpc) is 2.39. The number of aryl methyl sites for hydroxylation is 1. The third-order valence-corrected chi connectivity index (χ3v) is 4.93. The molecule has 0 heterocycles. The van der Waals surface area contributed by atoms with Gasteiger partial charge in [0.15, 0.2) is 0 Å². The summed E-state index contributed by atoms with van der Waals surface area (Å²) in [6.45, 7) is 1.78. The minimum atomic E-state index is -3.53. The minimum Gasteiger partial charge on any atom is -0.280 e. The molecule has 0 aromatic heterocycles. The zero-order chi connectivity index (χ0) is 13.9. The summed E-state index contributed by atoms with van der Waals surface area (Å²) in [7, 11) is -3.53. The predicted molar refractivity (Wildman–Crippen MR) is 81.1 cm³/mol. The second kappa shape index (κ2) is 5.75. The van der Waals surface area contributed by atoms with Gasteiger partial charge in [-0.25, -0.2) is 8.42 Å². The van der Waals surface area contributed by atoms with Crippen LogP contribution >= 0.6 is 15.9 Å². The lowest BCUT2D eigenvalue weighted by molar-refractivity contribution is 0.600. The van der Waals surface area contributed by atoms with E-state index in [9.17, 15) is 8.42 Å². The van der Waals surface area contributed by atoms with Crippen molar-refractivity contribution in [3.8, 4) is 0 Å². The van der Waals surface area contributed by atoms with Gasteiger partial charge in [0.05, 0.1) is 4.90 Å². The van der Waals surface area contributed by atoms with Gasteiger partial charge in [-0.3, -0.25) is 4.72 Å². The third kappa shape index (κ3) is 3.36. The molecule has 5 heteroatoms. The Labute approximate surface area is 121 Å². The van der Waals surface area contributed by atoms with Gasteiger partial charge in [0.2, 0.25) is 0 Å². The molecular weight excluding hydrogens is 326 g/mol. The summed E-state index contributed by atoms with van der Waals surface area (Å²) in [6, 6.07) is 14.2. The molecule has 0 saturated heterocycles. The van der Waals surface area contributed by atoms with E-state index in [-0.39, 0.29) is 0 Å². The van der Waals surface area contributed by atoms with Crippen molar-refractivity contribution in [2.45, 2.75) is 17.1 Å². The van der Waals surface area contributed by atoms with Crippen molar-refractivity contribution in [3.05, 3.63) is 59.7 Å². The number of halogens is 1. The number of rotatable bonds is 4. The van der Waals surface area contributed by atoms with Crippen molar-refractivity contribution in [2.75, 3.05) is 4.72 Å². The van der Waals surface area contributed by atoms with Gasteiger partial charge in [-0.1, -0.05) is 46.3 Å². The molecule has 19 heavy (non-hydrogen) atoms. The first-order valence-corrected chi connectivity index (χ1v) is 8.37. The zero-order valence-corrected chi connectivity index (χ0v) is 12.8. The fourth-order valence-corrected chi connectivity index (χ4v) is 3.41. The standard InChI is InChI=1S/C14H14BrNO2S/c1-11-4-2-3-5-14(11)19(17,18)16-13-8-6-12(10-15)7-9-13/h2-9,16H,10H2,1H3. The Kier molecular flexibility index (Phi) is 4.27. The van der Waals surface area contributed by atoms with Gasteiger partial charge in [-0.15, -0.1) is 0 Å². The summed E-state index contributed by atoms with van der Waals surface area (Å²) in [5, 5.41) is 0.748. The van der Waals surface area contributed by atoms with Crippen LogP contribution in [0, 0.1) is 6.92 Å². The lowest BCUT2D eigenvalue weighted by Gasteiger charge is -2.10. The SMILES string of the molecule is Cc1ccccc1S(=O)(=O)Nc1ccc(CBr)cc1. The van der Waals surface area contributed by atoms with Crippen LogP contribution in [-0.2, 0) is 15.4 Å². The molecule has 1 N–H and O–H groups in total. The first-order chi connectivity index (χ1) is 9.03. The Hall–Kier alpha value is -1.33. The average molecular weight is 340 g/mol. The quantitative estimate of drug-likeness (QED) is 0.863. The Morgan fingerprint density at radius 1 is 1.05 bits per heavy atom. The summed E-state index contributed by atoms with van der Waals surface area (Å²) < 4.78 is 27.1. The van der Waals surface area contributed by atoms with E-state index < -0.39 is 10.0 Å². The predicted octanol–water partition coefficient (Wildman–Crippen LogP) is 3.69. The lowest BCUT2D eigenvalue weighted by atomic mass is 10.2. The van der Waals surface area contributed by atoms with Crippen molar-refractivity contribution in [1.29, 1.82) is 0 Å². The zero-order valence-electron chi connectivity index (χ0n) is 10.4. The van der Waals surface area contributed by atoms with Crippen LogP contribution in [0.2, 0.25) is 0 Å². The van der Waals surface area contributed by atoms with Crippen LogP contribution in [0.3, 0.4) is 0 Å². The maximum absolute atomic E-state index is 12.3. The van der Waals surface area contributed by atoms with E-state index in [4.69, 9.17) is 0 Å². The smallest absolute Gasteiger partial charge is 0.262 e. The molecule has 0 bridgehead atoms. The summed E-state index contributed by atoms with van der Waals surface area (Å²) in [6.07, 6.45) is 0. The normalized spacial score (nSPS) is 11.3. The van der Waals surface area contributed by atoms with E-state index in [2.05, 4.69) is 20.7 Å². The summed E-state index contributed by atoms with van der Waals surface area (Å²) in [5.74, 6) is 0. The van der Waals surface area contributed by atoms with E-state index in [1.54, 1.807) is 37.3 Å². The maximum Gasteiger partial charge on any atom is 0.262 e. The number of sulfonamides is 1. The van der Waals surface area contributed by atoms with Gasteiger partial charge in [0.1, 0.15) is 0 Å². The molecule has 0 fully saturated rings. The highest BCUT2D eigenvalue weighted by Gasteiger charge is 2.15. The molecule has 0 unspecified atom stereocenters. The van der Waals surface area contributed by atoms with Gasteiger partial charge in [-0.05, 0) is 36.2 Å². The summed E-state index contributed by atoms with van der Waals surface area (Å²) in [5.41, 5.74) is 2.39. The molecule has 0 aliphatic rings. The van der Waals surface area contributed by atoms with Crippen LogP contribution in [0.1, 0.15) is 11.1 Å². The molecule has 0 amide bonds. The molecule has 0 atom stereocenters. The maximum atomic E-state index is 12.3. The molecule has 0 radical (unpaired) electrons. The highest BCUT2D eigenvalue weighted by atomic mass is 79.9. The van der Waals surface area contributed by atoms with Crippen LogP contribution in [0.25, 0.3) is 0 Å². The molecule has 2 aromatic rings. The molecule has 0 spiro atoms. The van der Waals surface area contributed by atoms with E-state index >= 15 is 0 Å². The van der Waals surface area contributed by atoms with E-state index in [0.717, 1.165) is 16.5 Å². The molecule has 2 aromatic carbocycles. The molecule has 100 valence electrons. The highest BCUT2D eigenvalue weighted by molar-refractivity contribution is 9.08. The number of nitrogens with one attached hydrogen (secondary N) is 1. The fraction of sp³-hybridized carbons (Fsp3) is 0.143. The van der Waals surface area contributed by atoms with Crippen molar-refractivity contribution >= 4 is 31.6 Å². The van der Waals surface area contributed by atoms with E-state index in [0.29, 0.717) is 10.6 Å². The number of benzene rings is 2. The van der Waals surface area contributed by atoms with Gasteiger partial charge < -0.3 is 0 Å². The van der Waals surface area contributed by atoms with Crippen molar-refractivity contribution in [1.82, 2.24) is 0 Å². The number of hydrogen-bond acceptors (Lipinski definition) is 2. The van der Waals surface area contributed by atoms with Gasteiger partial charge in [0, 0.05) is 11.0 Å². The summed E-state index contributed by atoms with van der Waals surface area (Å²) >= 11 is 3.35. The van der Waals surface area contributed by atoms with Gasteiger partial charge in [0.25, 0.3) is 10.0 Å². The molecule has 0 aliphatic heterocycles. The summed E-state index contributed by atoms with van der Waals surface area (Å²) in [4.78, 5) is 0.305. The van der Waals surface area contributed by atoms with Crippen LogP contribution in [-0.4, -0.2) is 8.42 Å². The van der Waals surface area contributed by atoms with Crippen molar-refractivity contribution < 1.29 is 8.42 Å². The molecule has 3 nitrogen and oxygen atoms in total. The largest absolute Gasteiger partial charge is 0.280 e. The van der Waals surface area contributed by atoms with Crippen molar-refractivity contribution in [3.63, 3.8) is 0 Å². The molecule has 2 rings (SSSR count). The first kappa shape index (κ1) is 14.1. The lowest BCUT2D eigenvalue weighted by Crippen LogP contribution is -2.14. The fourth-order valence-electron chi connectivity index (χ4n) is 1.73. The van der Waals surface area contributed by atoms with E-state index in [1.807, 2.05) is 18.2 Å². The molecule has 0 saturated carbocycles. The third-order valence-electron chi connectivity index (χ3n) is 2.74. The highest BCUT2D eigenvalue weighted by Crippen LogP contribution is 2.19. The topological polar surface area (TPSA) is 46.2 Å². The van der Waals surface area contributed by atoms with Gasteiger partial charge in [-0.2, -0.15) is 0 Å². The van der Waals surface area contributed by atoms with Gasteiger partial charge >= 0.3 is 0 Å². The Balaban J connectivity index is 2.28. The van der Waals surface area contributed by atoms with E-state index in [1.165, 1.54) is 0 Å². The Bertz CT molecular complexity index is 666. The number of hydrogen-bond donors (Lipinski definition) is 1. The van der Waals surface area contributed by atoms with Crippen LogP contribution in [0.15, 0.2) is 53.4 Å². The second-order valence-corrected chi connectivity index (χ2v) is 6.41. The van der Waals surface area contributed by atoms with Crippen LogP contribution in [0.4, 0.5) is 5.69 Å². The second-order valence-electron chi connectivity index (χ2n) is 4.20. The van der Waals surface area contributed by atoms with Crippen LogP contribution in [0.5, 0.6) is 0 Å².